The van der Waals surface area contributed by atoms with Crippen molar-refractivity contribution in [3.8, 4) is 6.07 Å². The van der Waals surface area contributed by atoms with Crippen molar-refractivity contribution in [3.63, 3.8) is 0 Å². The van der Waals surface area contributed by atoms with Gasteiger partial charge in [0.25, 0.3) is 5.56 Å². The van der Waals surface area contributed by atoms with Crippen molar-refractivity contribution in [1.29, 1.82) is 5.26 Å². The second kappa shape index (κ2) is 8.00. The third kappa shape index (κ3) is 3.94. The number of hydrazone groups is 1. The number of aromatic nitrogens is 2. The molecule has 0 atom stereocenters. The van der Waals surface area contributed by atoms with Crippen LogP contribution in [0.4, 0.5) is 18.9 Å². The molecule has 1 aliphatic carbocycles. The Morgan fingerprint density at radius 1 is 1.37 bits per heavy atom. The van der Waals surface area contributed by atoms with Crippen LogP contribution in [0.5, 0.6) is 0 Å². The number of thioether (sulfide) groups is 2. The van der Waals surface area contributed by atoms with Crippen molar-refractivity contribution in [2.24, 2.45) is 5.10 Å². The summed E-state index contributed by atoms with van der Waals surface area (Å²) in [5.41, 5.74) is 0.0687. The van der Waals surface area contributed by atoms with E-state index in [0.29, 0.717) is 20.5 Å². The molecule has 1 saturated carbocycles. The van der Waals surface area contributed by atoms with Crippen LogP contribution in [0.1, 0.15) is 42.0 Å². The van der Waals surface area contributed by atoms with E-state index in [1.807, 2.05) is 6.07 Å². The number of rotatable bonds is 3. The summed E-state index contributed by atoms with van der Waals surface area (Å²) in [5, 5.41) is 19.5. The minimum Gasteiger partial charge on any atom is -0.266 e. The minimum absolute atomic E-state index is 0.0240. The average Bonchev–Trinajstić information content (AvgIpc) is 2.66. The number of hydrogen-bond acceptors (Lipinski definition) is 7. The summed E-state index contributed by atoms with van der Waals surface area (Å²) in [6, 6.07) is 5.10. The molecule has 1 aromatic heterocycles. The largest absolute Gasteiger partial charge is 0.416 e. The first kappa shape index (κ1) is 20.8. The molecule has 1 aliphatic heterocycles. The molecule has 0 N–H and O–H groups in total. The summed E-state index contributed by atoms with van der Waals surface area (Å²) in [4.78, 5) is 13.4. The van der Waals surface area contributed by atoms with E-state index in [1.165, 1.54) is 34.3 Å². The SMILES string of the molecule is CN1N=C(SCc2ccc(C(F)(F)F)cc2C#N)Sc2c1cnn(C1CCC1)c2=O. The Hall–Kier alpha value is -2.45. The molecule has 30 heavy (non-hydrogen) atoms. The standard InChI is InChI=1S/C19H16F3N5OS2/c1-26-15-9-24-27(14-3-2-4-14)17(28)16(15)30-18(25-26)29-10-11-5-6-13(19(20,21)22)7-12(11)8-23/h5-7,9,14H,2-4,10H2,1H3. The van der Waals surface area contributed by atoms with Crippen molar-refractivity contribution < 1.29 is 13.2 Å². The molecule has 11 heteroatoms. The zero-order valence-corrected chi connectivity index (χ0v) is 17.4. The number of halogens is 3. The Kier molecular flexibility index (Phi) is 5.55. The van der Waals surface area contributed by atoms with E-state index < -0.39 is 11.7 Å². The summed E-state index contributed by atoms with van der Waals surface area (Å²) in [5.74, 6) is 0.262. The van der Waals surface area contributed by atoms with Gasteiger partial charge < -0.3 is 0 Å². The lowest BCUT2D eigenvalue weighted by Crippen LogP contribution is -2.34. The van der Waals surface area contributed by atoms with Gasteiger partial charge in [0.2, 0.25) is 0 Å². The molecule has 2 heterocycles. The minimum atomic E-state index is -4.50. The highest BCUT2D eigenvalue weighted by molar-refractivity contribution is 8.38. The monoisotopic (exact) mass is 451 g/mol. The molecular weight excluding hydrogens is 435 g/mol. The molecule has 0 unspecified atom stereocenters. The Balaban J connectivity index is 1.54. The van der Waals surface area contributed by atoms with Crippen molar-refractivity contribution in [1.82, 2.24) is 9.78 Å². The highest BCUT2D eigenvalue weighted by Gasteiger charge is 2.31. The lowest BCUT2D eigenvalue weighted by Gasteiger charge is -2.28. The predicted octanol–water partition coefficient (Wildman–Crippen LogP) is 4.61. The van der Waals surface area contributed by atoms with Crippen LogP contribution < -0.4 is 10.6 Å². The fourth-order valence-corrected chi connectivity index (χ4v) is 5.31. The molecule has 6 nitrogen and oxygen atoms in total. The highest BCUT2D eigenvalue weighted by atomic mass is 32.2. The van der Waals surface area contributed by atoms with Crippen LogP contribution in [-0.2, 0) is 11.9 Å². The van der Waals surface area contributed by atoms with E-state index in [1.54, 1.807) is 18.3 Å². The number of benzene rings is 1. The third-order valence-electron chi connectivity index (χ3n) is 5.04. The molecule has 0 amide bonds. The van der Waals surface area contributed by atoms with Gasteiger partial charge in [-0.1, -0.05) is 29.6 Å². The fraction of sp³-hybridized carbons (Fsp3) is 0.368. The molecule has 0 radical (unpaired) electrons. The molecule has 2 aromatic rings. The summed E-state index contributed by atoms with van der Waals surface area (Å²) >= 11 is 2.50. The molecule has 1 aromatic carbocycles. The average molecular weight is 451 g/mol. The number of nitrogens with zero attached hydrogens (tertiary/aromatic N) is 5. The zero-order valence-electron chi connectivity index (χ0n) is 15.8. The van der Waals surface area contributed by atoms with Crippen molar-refractivity contribution in [3.05, 3.63) is 51.4 Å². The van der Waals surface area contributed by atoms with Gasteiger partial charge in [0.05, 0.1) is 35.1 Å². The van der Waals surface area contributed by atoms with Gasteiger partial charge in [-0.25, -0.2) is 4.68 Å². The Morgan fingerprint density at radius 3 is 2.77 bits per heavy atom. The molecule has 0 spiro atoms. The lowest BCUT2D eigenvalue weighted by molar-refractivity contribution is -0.137. The maximum absolute atomic E-state index is 12.9. The van der Waals surface area contributed by atoms with Gasteiger partial charge >= 0.3 is 6.18 Å². The number of nitriles is 1. The van der Waals surface area contributed by atoms with Crippen LogP contribution >= 0.6 is 23.5 Å². The van der Waals surface area contributed by atoms with Crippen molar-refractivity contribution in [2.45, 2.75) is 42.1 Å². The topological polar surface area (TPSA) is 74.3 Å². The number of fused-ring (bicyclic) bond motifs is 1. The summed E-state index contributed by atoms with van der Waals surface area (Å²) in [6.45, 7) is 0. The molecule has 156 valence electrons. The lowest BCUT2D eigenvalue weighted by atomic mass is 9.93. The summed E-state index contributed by atoms with van der Waals surface area (Å²) in [6.07, 6.45) is 0.0946. The smallest absolute Gasteiger partial charge is 0.266 e. The summed E-state index contributed by atoms with van der Waals surface area (Å²) < 4.78 is 40.7. The van der Waals surface area contributed by atoms with Crippen LogP contribution in [0.2, 0.25) is 0 Å². The van der Waals surface area contributed by atoms with E-state index in [0.717, 1.165) is 31.4 Å². The first-order valence-corrected chi connectivity index (χ1v) is 10.9. The Bertz CT molecular complexity index is 1120. The maximum Gasteiger partial charge on any atom is 0.416 e. The maximum atomic E-state index is 12.9. The first-order valence-electron chi connectivity index (χ1n) is 9.13. The van der Waals surface area contributed by atoms with Crippen LogP contribution in [0.3, 0.4) is 0 Å². The van der Waals surface area contributed by atoms with Gasteiger partial charge in [0, 0.05) is 12.8 Å². The molecule has 1 fully saturated rings. The van der Waals surface area contributed by atoms with Gasteiger partial charge in [-0.3, -0.25) is 9.80 Å². The molecular formula is C19H16F3N5OS2. The van der Waals surface area contributed by atoms with Crippen molar-refractivity contribution >= 4 is 33.6 Å². The van der Waals surface area contributed by atoms with Crippen LogP contribution in [0, 0.1) is 11.3 Å². The van der Waals surface area contributed by atoms with E-state index >= 15 is 0 Å². The second-order valence-electron chi connectivity index (χ2n) is 6.96. The fourth-order valence-electron chi connectivity index (χ4n) is 3.12. The van der Waals surface area contributed by atoms with E-state index in [-0.39, 0.29) is 22.9 Å². The number of hydrogen-bond donors (Lipinski definition) is 0. The van der Waals surface area contributed by atoms with Gasteiger partial charge in [-0.2, -0.15) is 28.6 Å². The van der Waals surface area contributed by atoms with E-state index in [2.05, 4.69) is 10.2 Å². The predicted molar refractivity (Wildman–Crippen MR) is 111 cm³/mol. The normalized spacial score (nSPS) is 16.5. The Morgan fingerprint density at radius 2 is 2.13 bits per heavy atom. The van der Waals surface area contributed by atoms with E-state index in [4.69, 9.17) is 0 Å². The molecule has 4 rings (SSSR count). The first-order chi connectivity index (χ1) is 14.3. The third-order valence-corrected chi connectivity index (χ3v) is 7.27. The molecule has 2 aliphatic rings. The van der Waals surface area contributed by atoms with Crippen LogP contribution in [0.15, 0.2) is 39.2 Å². The van der Waals surface area contributed by atoms with Crippen LogP contribution in [-0.4, -0.2) is 21.2 Å². The quantitative estimate of drug-likeness (QED) is 0.679. The second-order valence-corrected chi connectivity index (χ2v) is 9.18. The van der Waals surface area contributed by atoms with E-state index in [9.17, 15) is 23.2 Å². The van der Waals surface area contributed by atoms with Gasteiger partial charge in [-0.05, 0) is 37.0 Å². The van der Waals surface area contributed by atoms with Crippen LogP contribution in [0.25, 0.3) is 0 Å². The molecule has 0 saturated heterocycles. The van der Waals surface area contributed by atoms with Gasteiger partial charge in [0.1, 0.15) is 4.90 Å². The van der Waals surface area contributed by atoms with Gasteiger partial charge in [0.15, 0.2) is 4.38 Å². The number of alkyl halides is 3. The van der Waals surface area contributed by atoms with Gasteiger partial charge in [-0.15, -0.1) is 0 Å². The Labute approximate surface area is 178 Å². The number of anilines is 1. The molecule has 0 bridgehead atoms. The zero-order chi connectivity index (χ0) is 21.5. The van der Waals surface area contributed by atoms with Crippen molar-refractivity contribution in [2.75, 3.05) is 12.1 Å². The summed E-state index contributed by atoms with van der Waals surface area (Å²) in [7, 11) is 1.72. The highest BCUT2D eigenvalue weighted by Crippen LogP contribution is 2.38.